The predicted molar refractivity (Wildman–Crippen MR) is 119 cm³/mol. The molecule has 0 spiro atoms. The lowest BCUT2D eigenvalue weighted by Gasteiger charge is -2.14. The Morgan fingerprint density at radius 2 is 1.81 bits per heavy atom. The molecule has 0 aliphatic carbocycles. The summed E-state index contributed by atoms with van der Waals surface area (Å²) in [6.07, 6.45) is 1.59. The summed E-state index contributed by atoms with van der Waals surface area (Å²) in [5.41, 5.74) is 1.26. The molecule has 2 heterocycles. The lowest BCUT2D eigenvalue weighted by Crippen LogP contribution is -2.16. The van der Waals surface area contributed by atoms with Crippen LogP contribution in [0.4, 0.5) is 0 Å². The van der Waals surface area contributed by atoms with Crippen LogP contribution < -0.4 is 0 Å². The molecule has 0 saturated carbocycles. The van der Waals surface area contributed by atoms with E-state index < -0.39 is 16.0 Å². The van der Waals surface area contributed by atoms with Crippen molar-refractivity contribution in [2.45, 2.75) is 11.3 Å². The summed E-state index contributed by atoms with van der Waals surface area (Å²) in [4.78, 5) is 16.4. The lowest BCUT2D eigenvalue weighted by atomic mass is 10.1. The van der Waals surface area contributed by atoms with Gasteiger partial charge in [-0.15, -0.1) is 0 Å². The summed E-state index contributed by atoms with van der Waals surface area (Å²) in [6, 6.07) is 16.3. The van der Waals surface area contributed by atoms with Crippen LogP contribution in [0.25, 0.3) is 11.0 Å². The molecule has 31 heavy (non-hydrogen) atoms. The summed E-state index contributed by atoms with van der Waals surface area (Å²) in [5.74, 6) is -0.609. The van der Waals surface area contributed by atoms with Crippen molar-refractivity contribution < 1.29 is 17.9 Å². The van der Waals surface area contributed by atoms with E-state index in [2.05, 4.69) is 4.98 Å². The molecule has 0 saturated heterocycles. The van der Waals surface area contributed by atoms with Gasteiger partial charge >= 0.3 is 5.97 Å². The van der Waals surface area contributed by atoms with Crippen LogP contribution in [-0.2, 0) is 21.2 Å². The molecule has 158 valence electrons. The van der Waals surface area contributed by atoms with Crippen LogP contribution in [0.1, 0.15) is 21.6 Å². The van der Waals surface area contributed by atoms with Crippen LogP contribution in [0.2, 0.25) is 10.0 Å². The Labute approximate surface area is 189 Å². The van der Waals surface area contributed by atoms with Crippen molar-refractivity contribution in [1.82, 2.24) is 8.96 Å². The van der Waals surface area contributed by atoms with Gasteiger partial charge in [-0.3, -0.25) is 0 Å². The maximum atomic E-state index is 13.5. The third-order valence-corrected chi connectivity index (χ3v) is 7.36. The molecule has 0 fully saturated rings. The highest BCUT2D eigenvalue weighted by Crippen LogP contribution is 2.33. The van der Waals surface area contributed by atoms with E-state index in [4.69, 9.17) is 27.9 Å². The Kier molecular flexibility index (Phi) is 5.75. The van der Waals surface area contributed by atoms with Crippen LogP contribution in [-0.4, -0.2) is 30.5 Å². The molecule has 9 heteroatoms. The molecule has 4 aromatic rings. The van der Waals surface area contributed by atoms with Gasteiger partial charge in [-0.2, -0.15) is 0 Å². The normalized spacial score (nSPS) is 11.6. The molecule has 0 bridgehead atoms. The number of carbonyl (C=O) groups excluding carboxylic acids is 1. The van der Waals surface area contributed by atoms with Gasteiger partial charge in [-0.05, 0) is 48.0 Å². The van der Waals surface area contributed by atoms with Gasteiger partial charge < -0.3 is 4.74 Å². The van der Waals surface area contributed by atoms with Crippen molar-refractivity contribution in [1.29, 1.82) is 0 Å². The maximum absolute atomic E-state index is 13.5. The molecular weight excluding hydrogens is 459 g/mol. The highest BCUT2D eigenvalue weighted by atomic mass is 35.5. The van der Waals surface area contributed by atoms with Crippen LogP contribution in [0, 0.1) is 0 Å². The van der Waals surface area contributed by atoms with E-state index in [1.165, 1.54) is 41.5 Å². The third-order valence-electron chi connectivity index (χ3n) is 4.82. The number of ether oxygens (including phenoxy) is 1. The number of rotatable bonds is 5. The van der Waals surface area contributed by atoms with Crippen molar-refractivity contribution in [3.63, 3.8) is 0 Å². The Bertz CT molecular complexity index is 1400. The van der Waals surface area contributed by atoms with E-state index in [0.717, 1.165) is 0 Å². The topological polar surface area (TPSA) is 78.3 Å². The molecule has 0 N–H and O–H groups in total. The monoisotopic (exact) mass is 474 g/mol. The number of nitrogens with zero attached hydrogens (tertiary/aromatic N) is 2. The number of benzene rings is 2. The number of aromatic nitrogens is 2. The van der Waals surface area contributed by atoms with Gasteiger partial charge in [0, 0.05) is 28.7 Å². The molecule has 0 amide bonds. The number of carbonyl (C=O) groups is 1. The number of hydrogen-bond donors (Lipinski definition) is 0. The van der Waals surface area contributed by atoms with E-state index in [9.17, 15) is 13.2 Å². The van der Waals surface area contributed by atoms with Gasteiger partial charge in [0.15, 0.2) is 5.65 Å². The van der Waals surface area contributed by atoms with Crippen LogP contribution in [0.5, 0.6) is 0 Å². The third kappa shape index (κ3) is 3.80. The van der Waals surface area contributed by atoms with Crippen molar-refractivity contribution in [3.8, 4) is 0 Å². The summed E-state index contributed by atoms with van der Waals surface area (Å²) in [6.45, 7) is 0. The summed E-state index contributed by atoms with van der Waals surface area (Å²) < 4.78 is 32.9. The first-order valence-electron chi connectivity index (χ1n) is 9.15. The number of halogens is 2. The van der Waals surface area contributed by atoms with E-state index in [1.807, 2.05) is 0 Å². The first kappa shape index (κ1) is 21.4. The van der Waals surface area contributed by atoms with Crippen LogP contribution >= 0.6 is 23.2 Å². The largest absolute Gasteiger partial charge is 0.465 e. The van der Waals surface area contributed by atoms with Gasteiger partial charge in [0.2, 0.25) is 0 Å². The highest BCUT2D eigenvalue weighted by molar-refractivity contribution is 7.90. The van der Waals surface area contributed by atoms with Crippen molar-refractivity contribution in [2.24, 2.45) is 0 Å². The summed E-state index contributed by atoms with van der Waals surface area (Å²) in [5, 5.41) is 1.06. The molecule has 2 aromatic carbocycles. The minimum absolute atomic E-state index is 0.0604. The van der Waals surface area contributed by atoms with Crippen molar-refractivity contribution in [2.75, 3.05) is 7.11 Å². The number of hydrogen-bond acceptors (Lipinski definition) is 5. The quantitative estimate of drug-likeness (QED) is 0.382. The fraction of sp³-hybridized carbons (Fsp3) is 0.0909. The second-order valence-electron chi connectivity index (χ2n) is 6.69. The highest BCUT2D eigenvalue weighted by Gasteiger charge is 2.25. The molecule has 4 rings (SSSR count). The fourth-order valence-electron chi connectivity index (χ4n) is 3.36. The van der Waals surface area contributed by atoms with E-state index >= 15 is 0 Å². The molecule has 0 aliphatic heterocycles. The van der Waals surface area contributed by atoms with Gasteiger partial charge in [0.25, 0.3) is 10.0 Å². The standard InChI is InChI=1S/C22H16Cl2N2O4S/c1-30-22(27)17-9-10-19(23)18(20(17)24)13-15-12-14-6-5-11-25-21(14)26(15)31(28,29)16-7-3-2-4-8-16/h2-12H,13H2,1H3. The molecule has 6 nitrogen and oxygen atoms in total. The number of esters is 1. The average Bonchev–Trinajstić information content (AvgIpc) is 3.15. The first-order chi connectivity index (χ1) is 14.8. The predicted octanol–water partition coefficient (Wildman–Crippen LogP) is 4.96. The van der Waals surface area contributed by atoms with Crippen molar-refractivity contribution >= 4 is 50.2 Å². The molecule has 0 aliphatic rings. The second-order valence-corrected chi connectivity index (χ2v) is 9.26. The van der Waals surface area contributed by atoms with Gasteiger partial charge in [0.1, 0.15) is 0 Å². The van der Waals surface area contributed by atoms with Crippen LogP contribution in [0.3, 0.4) is 0 Å². The molecule has 0 unspecified atom stereocenters. The lowest BCUT2D eigenvalue weighted by molar-refractivity contribution is 0.0601. The zero-order valence-electron chi connectivity index (χ0n) is 16.2. The van der Waals surface area contributed by atoms with Crippen LogP contribution in [0.15, 0.2) is 71.8 Å². The first-order valence-corrected chi connectivity index (χ1v) is 11.4. The van der Waals surface area contributed by atoms with E-state index in [0.29, 0.717) is 21.7 Å². The van der Waals surface area contributed by atoms with Gasteiger partial charge in [0.05, 0.1) is 22.6 Å². The Balaban J connectivity index is 1.93. The minimum Gasteiger partial charge on any atom is -0.465 e. The zero-order chi connectivity index (χ0) is 22.2. The summed E-state index contributed by atoms with van der Waals surface area (Å²) >= 11 is 12.8. The Morgan fingerprint density at radius 1 is 1.06 bits per heavy atom. The van der Waals surface area contributed by atoms with Gasteiger partial charge in [-0.25, -0.2) is 22.2 Å². The van der Waals surface area contributed by atoms with E-state index in [-0.39, 0.29) is 27.5 Å². The molecule has 0 radical (unpaired) electrons. The number of fused-ring (bicyclic) bond motifs is 1. The molecule has 2 aromatic heterocycles. The number of pyridine rings is 1. The minimum atomic E-state index is -3.95. The maximum Gasteiger partial charge on any atom is 0.339 e. The second kappa shape index (κ2) is 8.34. The Morgan fingerprint density at radius 3 is 2.52 bits per heavy atom. The Hall–Kier alpha value is -2.87. The van der Waals surface area contributed by atoms with Crippen molar-refractivity contribution in [3.05, 3.63) is 93.7 Å². The zero-order valence-corrected chi connectivity index (χ0v) is 18.6. The number of methoxy groups -OCH3 is 1. The smallest absolute Gasteiger partial charge is 0.339 e. The molecular formula is C22H16Cl2N2O4S. The fourth-order valence-corrected chi connectivity index (χ4v) is 5.46. The average molecular weight is 475 g/mol. The van der Waals surface area contributed by atoms with E-state index in [1.54, 1.807) is 36.4 Å². The van der Waals surface area contributed by atoms with Gasteiger partial charge in [-0.1, -0.05) is 41.4 Å². The molecule has 0 atom stereocenters. The summed E-state index contributed by atoms with van der Waals surface area (Å²) in [7, 11) is -2.70. The SMILES string of the molecule is COC(=O)c1ccc(Cl)c(Cc2cc3cccnc3n2S(=O)(=O)c2ccccc2)c1Cl.